The minimum atomic E-state index is 0.0449. The van der Waals surface area contributed by atoms with Gasteiger partial charge >= 0.3 is 0 Å². The van der Waals surface area contributed by atoms with Crippen molar-refractivity contribution in [3.8, 4) is 0 Å². The monoisotopic (exact) mass is 444 g/mol. The molecule has 0 amide bonds. The van der Waals surface area contributed by atoms with Gasteiger partial charge in [0.1, 0.15) is 5.65 Å². The zero-order chi connectivity index (χ0) is 21.7. The SMILES string of the molecule is O=C(CCc1ncn2ccc(Cl)cc12)c1cnn(Cc2cn3cc(C4CC4)ccc3n2)c1. The van der Waals surface area contributed by atoms with Gasteiger partial charge in [0.05, 0.1) is 41.5 Å². The Balaban J connectivity index is 1.13. The fourth-order valence-electron chi connectivity index (χ4n) is 4.14. The summed E-state index contributed by atoms with van der Waals surface area (Å²) < 4.78 is 5.76. The molecule has 0 spiro atoms. The molecule has 6 rings (SSSR count). The number of fused-ring (bicyclic) bond motifs is 2. The van der Waals surface area contributed by atoms with Crippen molar-refractivity contribution < 1.29 is 4.79 Å². The number of carbonyl (C=O) groups excluding carboxylic acids is 1. The molecule has 1 aliphatic carbocycles. The number of nitrogens with zero attached hydrogens (tertiary/aromatic N) is 6. The van der Waals surface area contributed by atoms with E-state index in [9.17, 15) is 4.79 Å². The molecular formula is C24H21ClN6O. The standard InChI is InChI=1S/C24H21ClN6O/c25-19-7-8-29-15-26-21(22(29)9-19)4-5-23(32)18-10-27-31(12-18)14-20-13-30-11-17(16-1-2-16)3-6-24(30)28-20/h3,6-13,15-16H,1-2,4-5,14H2. The molecule has 0 bridgehead atoms. The van der Waals surface area contributed by atoms with Gasteiger partial charge in [0.25, 0.3) is 0 Å². The van der Waals surface area contributed by atoms with Crippen molar-refractivity contribution >= 4 is 28.5 Å². The van der Waals surface area contributed by atoms with Crippen LogP contribution in [0.3, 0.4) is 0 Å². The Morgan fingerprint density at radius 2 is 2.03 bits per heavy atom. The molecule has 1 saturated carbocycles. The van der Waals surface area contributed by atoms with Crippen LogP contribution in [0.4, 0.5) is 0 Å². The van der Waals surface area contributed by atoms with Gasteiger partial charge in [0, 0.05) is 36.2 Å². The van der Waals surface area contributed by atoms with Crippen molar-refractivity contribution in [2.45, 2.75) is 38.1 Å². The number of hydrogen-bond acceptors (Lipinski definition) is 4. The van der Waals surface area contributed by atoms with Gasteiger partial charge < -0.3 is 8.80 Å². The summed E-state index contributed by atoms with van der Waals surface area (Å²) in [5, 5.41) is 5.03. The third-order valence-corrected chi connectivity index (χ3v) is 6.26. The summed E-state index contributed by atoms with van der Waals surface area (Å²) in [5.74, 6) is 0.755. The van der Waals surface area contributed by atoms with Crippen molar-refractivity contribution in [1.82, 2.24) is 28.5 Å². The second kappa shape index (κ2) is 7.60. The van der Waals surface area contributed by atoms with Crippen molar-refractivity contribution in [1.29, 1.82) is 0 Å². The van der Waals surface area contributed by atoms with E-state index in [0.717, 1.165) is 22.6 Å². The molecule has 0 radical (unpaired) electrons. The second-order valence-corrected chi connectivity index (χ2v) is 8.85. The van der Waals surface area contributed by atoms with Crippen LogP contribution in [0.25, 0.3) is 11.2 Å². The van der Waals surface area contributed by atoms with Gasteiger partial charge in [-0.1, -0.05) is 17.7 Å². The summed E-state index contributed by atoms with van der Waals surface area (Å²) in [5.41, 5.74) is 5.62. The maximum atomic E-state index is 12.7. The van der Waals surface area contributed by atoms with Gasteiger partial charge in [-0.3, -0.25) is 9.48 Å². The van der Waals surface area contributed by atoms with E-state index < -0.39 is 0 Å². The molecule has 0 unspecified atom stereocenters. The Morgan fingerprint density at radius 1 is 1.12 bits per heavy atom. The van der Waals surface area contributed by atoms with E-state index in [0.29, 0.717) is 35.9 Å². The van der Waals surface area contributed by atoms with E-state index >= 15 is 0 Å². The van der Waals surface area contributed by atoms with Gasteiger partial charge in [0.15, 0.2) is 5.78 Å². The smallest absolute Gasteiger partial charge is 0.166 e. The van der Waals surface area contributed by atoms with Crippen LogP contribution in [0.2, 0.25) is 5.02 Å². The minimum Gasteiger partial charge on any atom is -0.306 e. The fraction of sp³-hybridized carbons (Fsp3) is 0.250. The molecule has 7 nitrogen and oxygen atoms in total. The van der Waals surface area contributed by atoms with Crippen LogP contribution >= 0.6 is 11.6 Å². The van der Waals surface area contributed by atoms with Gasteiger partial charge in [-0.05, 0) is 48.9 Å². The summed E-state index contributed by atoms with van der Waals surface area (Å²) in [4.78, 5) is 21.8. The molecule has 8 heteroatoms. The number of rotatable bonds is 7. The molecular weight excluding hydrogens is 424 g/mol. The Kier molecular flexibility index (Phi) is 4.57. The lowest BCUT2D eigenvalue weighted by atomic mass is 10.1. The highest BCUT2D eigenvalue weighted by atomic mass is 35.5. The van der Waals surface area contributed by atoms with Crippen LogP contribution in [0.5, 0.6) is 0 Å². The van der Waals surface area contributed by atoms with Gasteiger partial charge in [0.2, 0.25) is 0 Å². The van der Waals surface area contributed by atoms with Crippen LogP contribution in [0.15, 0.2) is 61.6 Å². The normalized spacial score (nSPS) is 13.9. The first-order chi connectivity index (χ1) is 15.6. The van der Waals surface area contributed by atoms with Crippen molar-refractivity contribution in [2.24, 2.45) is 0 Å². The van der Waals surface area contributed by atoms with Crippen LogP contribution in [0.1, 0.15) is 52.5 Å². The molecule has 0 atom stereocenters. The van der Waals surface area contributed by atoms with Crippen molar-refractivity contribution in [3.63, 3.8) is 0 Å². The van der Waals surface area contributed by atoms with E-state index in [1.165, 1.54) is 18.4 Å². The lowest BCUT2D eigenvalue weighted by Gasteiger charge is -1.99. The predicted molar refractivity (Wildman–Crippen MR) is 121 cm³/mol. The number of Topliss-reactive ketones (excluding diaryl/α,β-unsaturated/α-hetero) is 1. The van der Waals surface area contributed by atoms with Gasteiger partial charge in [-0.25, -0.2) is 9.97 Å². The molecule has 0 N–H and O–H groups in total. The number of pyridine rings is 2. The molecule has 0 saturated heterocycles. The molecule has 160 valence electrons. The lowest BCUT2D eigenvalue weighted by Crippen LogP contribution is -2.02. The van der Waals surface area contributed by atoms with Crippen LogP contribution in [-0.2, 0) is 13.0 Å². The highest BCUT2D eigenvalue weighted by molar-refractivity contribution is 6.30. The van der Waals surface area contributed by atoms with Crippen LogP contribution < -0.4 is 0 Å². The molecule has 0 aliphatic heterocycles. The third-order valence-electron chi connectivity index (χ3n) is 6.02. The fourth-order valence-corrected chi connectivity index (χ4v) is 4.30. The number of ketones is 1. The van der Waals surface area contributed by atoms with Gasteiger partial charge in [-0.2, -0.15) is 5.10 Å². The molecule has 0 aromatic carbocycles. The van der Waals surface area contributed by atoms with Crippen molar-refractivity contribution in [3.05, 3.63) is 89.1 Å². The average Bonchev–Trinajstić information content (AvgIpc) is 3.21. The molecule has 5 heterocycles. The zero-order valence-corrected chi connectivity index (χ0v) is 18.1. The minimum absolute atomic E-state index is 0.0449. The van der Waals surface area contributed by atoms with Crippen LogP contribution in [-0.4, -0.2) is 34.3 Å². The zero-order valence-electron chi connectivity index (χ0n) is 17.4. The maximum absolute atomic E-state index is 12.7. The molecule has 1 aliphatic rings. The Labute approximate surface area is 189 Å². The molecule has 32 heavy (non-hydrogen) atoms. The van der Waals surface area contributed by atoms with Crippen molar-refractivity contribution in [2.75, 3.05) is 0 Å². The molecule has 5 aromatic heterocycles. The number of hydrogen-bond donors (Lipinski definition) is 0. The number of halogens is 1. The summed E-state index contributed by atoms with van der Waals surface area (Å²) in [6.45, 7) is 0.526. The highest BCUT2D eigenvalue weighted by Gasteiger charge is 2.23. The van der Waals surface area contributed by atoms with Crippen LogP contribution in [0, 0.1) is 0 Å². The Hall–Kier alpha value is -3.45. The second-order valence-electron chi connectivity index (χ2n) is 8.41. The number of aromatic nitrogens is 6. The highest BCUT2D eigenvalue weighted by Crippen LogP contribution is 2.39. The number of aryl methyl sites for hydroxylation is 1. The molecule has 5 aromatic rings. The summed E-state index contributed by atoms with van der Waals surface area (Å²) >= 11 is 6.10. The first-order valence-electron chi connectivity index (χ1n) is 10.8. The Morgan fingerprint density at radius 3 is 2.91 bits per heavy atom. The molecule has 1 fully saturated rings. The van der Waals surface area contributed by atoms with E-state index in [1.807, 2.05) is 28.9 Å². The van der Waals surface area contributed by atoms with Gasteiger partial charge in [-0.15, -0.1) is 0 Å². The predicted octanol–water partition coefficient (Wildman–Crippen LogP) is 4.57. The summed E-state index contributed by atoms with van der Waals surface area (Å²) in [6.07, 6.45) is 14.7. The lowest BCUT2D eigenvalue weighted by molar-refractivity contribution is 0.0982. The van der Waals surface area contributed by atoms with E-state index in [2.05, 4.69) is 37.8 Å². The number of imidazole rings is 2. The maximum Gasteiger partial charge on any atom is 0.166 e. The quantitative estimate of drug-likeness (QED) is 0.345. The topological polar surface area (TPSA) is 69.5 Å². The largest absolute Gasteiger partial charge is 0.306 e. The average molecular weight is 445 g/mol. The Bertz CT molecular complexity index is 1460. The first-order valence-corrected chi connectivity index (χ1v) is 11.1. The first kappa shape index (κ1) is 19.3. The van der Waals surface area contributed by atoms with E-state index in [-0.39, 0.29) is 5.78 Å². The third kappa shape index (κ3) is 3.69. The number of carbonyl (C=O) groups is 1. The van der Waals surface area contributed by atoms with E-state index in [4.69, 9.17) is 11.6 Å². The summed E-state index contributed by atoms with van der Waals surface area (Å²) in [7, 11) is 0. The van der Waals surface area contributed by atoms with E-state index in [1.54, 1.807) is 23.4 Å². The summed E-state index contributed by atoms with van der Waals surface area (Å²) in [6, 6.07) is 7.93.